The molecule has 6 aromatic rings. The van der Waals surface area contributed by atoms with E-state index < -0.39 is 36.2 Å². The van der Waals surface area contributed by atoms with Gasteiger partial charge in [0.15, 0.2) is 0 Å². The third kappa shape index (κ3) is 11.0. The number of hydrogen-bond donors (Lipinski definition) is 1. The van der Waals surface area contributed by atoms with Crippen molar-refractivity contribution in [2.24, 2.45) is 11.8 Å². The molecule has 18 nitrogen and oxygen atoms in total. The molecule has 20 heteroatoms. The van der Waals surface area contributed by atoms with Gasteiger partial charge in [0.1, 0.15) is 22.9 Å². The van der Waals surface area contributed by atoms with Crippen LogP contribution in [0.15, 0.2) is 94.7 Å². The van der Waals surface area contributed by atoms with Crippen LogP contribution in [0.2, 0.25) is 0 Å². The molecule has 8 rings (SSSR count). The van der Waals surface area contributed by atoms with Crippen LogP contribution in [0.3, 0.4) is 0 Å². The summed E-state index contributed by atoms with van der Waals surface area (Å²) in [5, 5.41) is 11.0. The largest absolute Gasteiger partial charge is 0.399 e. The average molecular weight is 1000 g/mol. The number of methoxy groups -OCH3 is 2. The van der Waals surface area contributed by atoms with Crippen LogP contribution >= 0.6 is 0 Å². The number of imidazole rings is 2. The van der Waals surface area contributed by atoms with Crippen LogP contribution in [0.5, 0.6) is 0 Å². The number of anilines is 3. The molecule has 0 saturated carbocycles. The van der Waals surface area contributed by atoms with Crippen LogP contribution in [-0.4, -0.2) is 94.6 Å². The van der Waals surface area contributed by atoms with Crippen molar-refractivity contribution in [3.8, 4) is 0 Å². The Kier molecular flexibility index (Phi) is 15.9. The van der Waals surface area contributed by atoms with Gasteiger partial charge in [-0.3, -0.25) is 18.7 Å². The lowest BCUT2D eigenvalue weighted by Gasteiger charge is -2.27. The summed E-state index contributed by atoms with van der Waals surface area (Å²) < 4.78 is 83.3. The van der Waals surface area contributed by atoms with Gasteiger partial charge in [-0.15, -0.1) is 0 Å². The molecule has 378 valence electrons. The normalized spacial score (nSPS) is 15.5. The van der Waals surface area contributed by atoms with E-state index in [0.29, 0.717) is 34.4 Å². The van der Waals surface area contributed by atoms with E-state index in [1.807, 2.05) is 58.9 Å². The maximum Gasteiger partial charge on any atom is 0.269 e. The molecular weight excluding hydrogens is 937 g/mol. The summed E-state index contributed by atoms with van der Waals surface area (Å²) in [6.45, 7) is 16.6. The minimum Gasteiger partial charge on any atom is -0.399 e. The number of nitrogen functional groups attached to an aromatic ring is 1. The first kappa shape index (κ1) is 52.2. The second-order valence-electron chi connectivity index (χ2n) is 18.6. The lowest BCUT2D eigenvalue weighted by Crippen LogP contribution is -2.30. The summed E-state index contributed by atoms with van der Waals surface area (Å²) in [5.74, 6) is 2.56. The molecule has 0 amide bonds. The highest BCUT2D eigenvalue weighted by Crippen LogP contribution is 2.36. The summed E-state index contributed by atoms with van der Waals surface area (Å²) in [6, 6.07) is 22.3. The van der Waals surface area contributed by atoms with Gasteiger partial charge in [-0.05, 0) is 152 Å². The first-order valence-corrected chi connectivity index (χ1v) is 26.6. The summed E-state index contributed by atoms with van der Waals surface area (Å²) in [5.41, 5.74) is 9.22. The lowest BCUT2D eigenvalue weighted by molar-refractivity contribution is -0.384. The molecule has 0 radical (unpaired) electrons. The Morgan fingerprint density at radius 3 is 1.37 bits per heavy atom. The Labute approximate surface area is 410 Å². The van der Waals surface area contributed by atoms with Crippen molar-refractivity contribution < 1.29 is 40.7 Å². The van der Waals surface area contributed by atoms with E-state index in [1.54, 1.807) is 45.4 Å². The summed E-state index contributed by atoms with van der Waals surface area (Å²) >= 11 is 0. The highest BCUT2D eigenvalue weighted by molar-refractivity contribution is 7.93. The minimum absolute atomic E-state index is 0.0127. The SMILES string of the molecule is CCN(c1ccc2c(c1)nc(C(C)(C)OC)n2CC1CCOCC1)S(=O)(=O)c1ccc(N)cc1.CCN(c1ccc2c(c1)nc(C(C)(C)OC)n2CC1CCOCC1)S(=O)(=O)c1ccc([N+](=O)[O-])cc1. The Balaban J connectivity index is 0.000000207. The predicted molar refractivity (Wildman–Crippen MR) is 271 cm³/mol. The van der Waals surface area contributed by atoms with Crippen molar-refractivity contribution in [2.45, 2.75) is 101 Å². The molecule has 2 fully saturated rings. The molecule has 70 heavy (non-hydrogen) atoms. The van der Waals surface area contributed by atoms with Gasteiger partial charge in [0.05, 0.1) is 48.2 Å². The van der Waals surface area contributed by atoms with Crippen molar-refractivity contribution in [1.82, 2.24) is 19.1 Å². The van der Waals surface area contributed by atoms with Gasteiger partial charge >= 0.3 is 0 Å². The highest BCUT2D eigenvalue weighted by Gasteiger charge is 2.33. The number of nitro benzene ring substituents is 1. The molecule has 0 atom stereocenters. The molecular formula is C50H66N8O10S2. The standard InChI is InChI=1S/C25H32N4O6S.C25H34N4O4S/c1-5-28(36(32,33)21-9-6-19(7-10-21)29(30)31)20-8-11-23-22(16-20)26-24(25(2,3)34-4)27(23)17-18-12-14-35-15-13-18;1-5-29(34(30,31)21-9-6-19(26)7-10-21)20-8-11-23-22(16-20)27-24(25(2,3)32-4)28(23)17-18-12-14-33-15-13-18/h6-11,16,18H,5,12-15,17H2,1-4H3;6-11,16,18H,5,12-15,17,26H2,1-4H3. The lowest BCUT2D eigenvalue weighted by atomic mass is 9.99. The van der Waals surface area contributed by atoms with Crippen LogP contribution in [0.4, 0.5) is 22.7 Å². The van der Waals surface area contributed by atoms with Crippen LogP contribution in [0, 0.1) is 22.0 Å². The van der Waals surface area contributed by atoms with Crippen molar-refractivity contribution in [1.29, 1.82) is 0 Å². The molecule has 4 heterocycles. The maximum absolute atomic E-state index is 13.4. The second kappa shape index (κ2) is 21.4. The molecule has 2 saturated heterocycles. The zero-order valence-electron chi connectivity index (χ0n) is 41.3. The third-order valence-corrected chi connectivity index (χ3v) is 17.2. The third-order valence-electron chi connectivity index (χ3n) is 13.4. The fourth-order valence-electron chi connectivity index (χ4n) is 9.01. The molecule has 0 spiro atoms. The van der Waals surface area contributed by atoms with Gasteiger partial charge < -0.3 is 33.8 Å². The number of nitro groups is 1. The first-order chi connectivity index (χ1) is 33.2. The zero-order chi connectivity index (χ0) is 50.6. The van der Waals surface area contributed by atoms with Crippen LogP contribution in [0.1, 0.15) is 78.9 Å². The number of ether oxygens (including phenoxy) is 4. The monoisotopic (exact) mass is 1000 g/mol. The second-order valence-corrected chi connectivity index (χ2v) is 22.4. The Hall–Kier alpha value is -5.64. The van der Waals surface area contributed by atoms with Crippen LogP contribution in [-0.2, 0) is 63.3 Å². The van der Waals surface area contributed by atoms with E-state index in [9.17, 15) is 26.9 Å². The van der Waals surface area contributed by atoms with Gasteiger partial charge in [-0.2, -0.15) is 0 Å². The van der Waals surface area contributed by atoms with Gasteiger partial charge in [0.25, 0.3) is 25.7 Å². The smallest absolute Gasteiger partial charge is 0.269 e. The number of fused-ring (bicyclic) bond motifs is 2. The highest BCUT2D eigenvalue weighted by atomic mass is 32.2. The minimum atomic E-state index is -3.94. The fourth-order valence-corrected chi connectivity index (χ4v) is 11.9. The molecule has 0 unspecified atom stereocenters. The van der Waals surface area contributed by atoms with Gasteiger partial charge in [-0.1, -0.05) is 0 Å². The Morgan fingerprint density at radius 1 is 0.657 bits per heavy atom. The van der Waals surface area contributed by atoms with E-state index in [0.717, 1.165) is 93.4 Å². The van der Waals surface area contributed by atoms with E-state index in [1.165, 1.54) is 45.0 Å². The average Bonchev–Trinajstić information content (AvgIpc) is 3.91. The molecule has 2 aliphatic rings. The first-order valence-electron chi connectivity index (χ1n) is 23.7. The zero-order valence-corrected chi connectivity index (χ0v) is 43.0. The summed E-state index contributed by atoms with van der Waals surface area (Å²) in [7, 11) is -4.35. The van der Waals surface area contributed by atoms with E-state index in [-0.39, 0.29) is 28.6 Å². The molecule has 4 aromatic carbocycles. The van der Waals surface area contributed by atoms with Gasteiger partial charge in [-0.25, -0.2) is 26.8 Å². The van der Waals surface area contributed by atoms with E-state index >= 15 is 0 Å². The van der Waals surface area contributed by atoms with Gasteiger partial charge in [0.2, 0.25) is 0 Å². The van der Waals surface area contributed by atoms with E-state index in [4.69, 9.17) is 34.6 Å². The molecule has 2 N–H and O–H groups in total. The number of rotatable bonds is 17. The van der Waals surface area contributed by atoms with Crippen molar-refractivity contribution in [3.05, 3.63) is 107 Å². The van der Waals surface area contributed by atoms with Crippen LogP contribution < -0.4 is 14.3 Å². The van der Waals surface area contributed by atoms with E-state index in [2.05, 4.69) is 9.13 Å². The molecule has 0 aliphatic carbocycles. The predicted octanol–water partition coefficient (Wildman–Crippen LogP) is 8.61. The fraction of sp³-hybridized carbons (Fsp3) is 0.480. The number of nitrogens with two attached hydrogens (primary N) is 1. The number of sulfonamides is 2. The quantitative estimate of drug-likeness (QED) is 0.0515. The Bertz CT molecular complexity index is 3000. The number of non-ortho nitro benzene ring substituents is 1. The topological polar surface area (TPSA) is 216 Å². The number of nitrogens with zero attached hydrogens (tertiary/aromatic N) is 7. The van der Waals surface area contributed by atoms with Crippen LogP contribution in [0.25, 0.3) is 22.1 Å². The number of benzene rings is 4. The van der Waals surface area contributed by atoms with Crippen molar-refractivity contribution in [3.63, 3.8) is 0 Å². The summed E-state index contributed by atoms with van der Waals surface area (Å²) in [4.78, 5) is 20.4. The molecule has 2 aliphatic heterocycles. The maximum atomic E-state index is 13.4. The Morgan fingerprint density at radius 2 is 1.03 bits per heavy atom. The summed E-state index contributed by atoms with van der Waals surface area (Å²) in [6.07, 6.45) is 3.96. The van der Waals surface area contributed by atoms with Gasteiger partial charge in [0, 0.05) is 84.6 Å². The molecule has 2 aromatic heterocycles. The van der Waals surface area contributed by atoms with Crippen molar-refractivity contribution in [2.75, 3.05) is 68.1 Å². The number of hydrogen-bond acceptors (Lipinski definition) is 13. The van der Waals surface area contributed by atoms with Crippen molar-refractivity contribution >= 4 is 64.9 Å². The molecule has 0 bridgehead atoms. The number of aromatic nitrogens is 4.